The first-order valence-corrected chi connectivity index (χ1v) is 6.95. The quantitative estimate of drug-likeness (QED) is 0.674. The maximum atomic E-state index is 13.7. The van der Waals surface area contributed by atoms with E-state index in [0.29, 0.717) is 21.0 Å². The zero-order valence-electron chi connectivity index (χ0n) is 9.81. The summed E-state index contributed by atoms with van der Waals surface area (Å²) in [6, 6.07) is 3.20. The first-order valence-electron chi connectivity index (χ1n) is 5.17. The minimum Gasteiger partial charge on any atom is -0.493 e. The predicted octanol–water partition coefficient (Wildman–Crippen LogP) is 2.15. The molecule has 0 atom stereocenters. The lowest BCUT2D eigenvalue weighted by Gasteiger charge is -2.06. The van der Waals surface area contributed by atoms with E-state index in [4.69, 9.17) is 4.74 Å². The first kappa shape index (κ1) is 14.0. The second-order valence-electron chi connectivity index (χ2n) is 3.47. The van der Waals surface area contributed by atoms with Gasteiger partial charge in [0.1, 0.15) is 0 Å². The van der Waals surface area contributed by atoms with Crippen LogP contribution in [-0.4, -0.2) is 30.2 Å². The van der Waals surface area contributed by atoms with E-state index in [0.717, 1.165) is 0 Å². The van der Waals surface area contributed by atoms with Crippen molar-refractivity contribution in [2.45, 2.75) is 0 Å². The maximum absolute atomic E-state index is 13.7. The molecule has 0 bridgehead atoms. The molecule has 0 spiro atoms. The van der Waals surface area contributed by atoms with Crippen molar-refractivity contribution in [3.63, 3.8) is 0 Å². The van der Waals surface area contributed by atoms with Gasteiger partial charge in [0.05, 0.1) is 23.5 Å². The Balaban J connectivity index is 2.19. The van der Waals surface area contributed by atoms with E-state index in [-0.39, 0.29) is 11.7 Å². The van der Waals surface area contributed by atoms with E-state index < -0.39 is 5.82 Å². The molecule has 1 aromatic carbocycles. The minimum atomic E-state index is -0.498. The summed E-state index contributed by atoms with van der Waals surface area (Å²) in [4.78, 5) is 10.9. The molecule has 19 heavy (non-hydrogen) atoms. The summed E-state index contributed by atoms with van der Waals surface area (Å²) in [7, 11) is 1.38. The number of hydrogen-bond acceptors (Lipinski definition) is 5. The van der Waals surface area contributed by atoms with Crippen LogP contribution < -0.4 is 10.1 Å². The Morgan fingerprint density at radius 3 is 3.00 bits per heavy atom. The number of rotatable bonds is 3. The molecular formula is C11H9BrFN3O2S. The maximum Gasteiger partial charge on any atom is 0.236 e. The topological polar surface area (TPSA) is 63.1 Å². The van der Waals surface area contributed by atoms with Crippen LogP contribution >= 0.6 is 27.7 Å². The number of carbonyl (C=O) groups is 1. The Morgan fingerprint density at radius 2 is 2.37 bits per heavy atom. The largest absolute Gasteiger partial charge is 0.493 e. The third-order valence-corrected chi connectivity index (χ3v) is 3.69. The summed E-state index contributed by atoms with van der Waals surface area (Å²) >= 11 is 4.34. The third kappa shape index (κ3) is 3.32. The van der Waals surface area contributed by atoms with Gasteiger partial charge in [-0.15, -0.1) is 5.10 Å². The van der Waals surface area contributed by atoms with Crippen LogP contribution in [0.2, 0.25) is 0 Å². The SMILES string of the molecule is COc1c(C=NN=C2NC(=O)CS2)ccc(Br)c1F. The number of thioether (sulfide) groups is 1. The zero-order valence-corrected chi connectivity index (χ0v) is 12.2. The standard InChI is InChI=1S/C11H9BrFN3O2S/c1-18-10-6(2-3-7(12)9(10)13)4-14-16-11-15-8(17)5-19-11/h2-4H,5H2,1H3,(H,15,16,17). The van der Waals surface area contributed by atoms with Crippen LogP contribution in [0.5, 0.6) is 5.75 Å². The summed E-state index contributed by atoms with van der Waals surface area (Å²) in [6.45, 7) is 0. The van der Waals surface area contributed by atoms with E-state index in [1.54, 1.807) is 12.1 Å². The number of amides is 1. The summed E-state index contributed by atoms with van der Waals surface area (Å²) in [5.41, 5.74) is 0.460. The molecule has 100 valence electrons. The molecule has 1 saturated heterocycles. The van der Waals surface area contributed by atoms with Crippen molar-refractivity contribution in [3.05, 3.63) is 28.0 Å². The number of nitrogens with zero attached hydrogens (tertiary/aromatic N) is 2. The second kappa shape index (κ2) is 6.16. The summed E-state index contributed by atoms with van der Waals surface area (Å²) in [5, 5.41) is 10.6. The van der Waals surface area contributed by atoms with Crippen molar-refractivity contribution in [2.24, 2.45) is 10.2 Å². The van der Waals surface area contributed by atoms with Gasteiger partial charge in [0.2, 0.25) is 5.91 Å². The van der Waals surface area contributed by atoms with Crippen molar-refractivity contribution in [1.82, 2.24) is 5.32 Å². The molecule has 1 heterocycles. The number of carbonyl (C=O) groups excluding carboxylic acids is 1. The lowest BCUT2D eigenvalue weighted by atomic mass is 10.2. The van der Waals surface area contributed by atoms with Crippen LogP contribution in [-0.2, 0) is 4.79 Å². The molecule has 0 saturated carbocycles. The molecule has 0 radical (unpaired) electrons. The van der Waals surface area contributed by atoms with Crippen molar-refractivity contribution in [3.8, 4) is 5.75 Å². The van der Waals surface area contributed by atoms with Crippen molar-refractivity contribution < 1.29 is 13.9 Å². The highest BCUT2D eigenvalue weighted by Gasteiger charge is 2.16. The molecule has 1 fully saturated rings. The molecule has 8 heteroatoms. The Morgan fingerprint density at radius 1 is 1.58 bits per heavy atom. The predicted molar refractivity (Wildman–Crippen MR) is 76.3 cm³/mol. The lowest BCUT2D eigenvalue weighted by Crippen LogP contribution is -2.19. The average Bonchev–Trinajstić information content (AvgIpc) is 2.80. The zero-order chi connectivity index (χ0) is 13.8. The molecule has 1 aliphatic heterocycles. The van der Waals surface area contributed by atoms with Gasteiger partial charge in [0.15, 0.2) is 16.7 Å². The smallest absolute Gasteiger partial charge is 0.236 e. The van der Waals surface area contributed by atoms with Gasteiger partial charge in [0, 0.05) is 5.56 Å². The van der Waals surface area contributed by atoms with Gasteiger partial charge in [0.25, 0.3) is 0 Å². The van der Waals surface area contributed by atoms with E-state index in [1.165, 1.54) is 25.1 Å². The highest BCUT2D eigenvalue weighted by Crippen LogP contribution is 2.27. The molecule has 5 nitrogen and oxygen atoms in total. The molecule has 1 aromatic rings. The Kier molecular flexibility index (Phi) is 4.54. The fourth-order valence-electron chi connectivity index (χ4n) is 1.38. The van der Waals surface area contributed by atoms with Crippen LogP contribution in [0, 0.1) is 5.82 Å². The molecule has 1 amide bonds. The number of benzene rings is 1. The molecule has 0 unspecified atom stereocenters. The van der Waals surface area contributed by atoms with Gasteiger partial charge in [-0.25, -0.2) is 4.39 Å². The summed E-state index contributed by atoms with van der Waals surface area (Å²) < 4.78 is 19.0. The number of nitrogens with one attached hydrogen (secondary N) is 1. The Labute approximate surface area is 121 Å². The van der Waals surface area contributed by atoms with Gasteiger partial charge < -0.3 is 10.1 Å². The molecular weight excluding hydrogens is 337 g/mol. The summed E-state index contributed by atoms with van der Waals surface area (Å²) in [6.07, 6.45) is 1.37. The molecule has 0 aromatic heterocycles. The molecule has 0 aliphatic carbocycles. The van der Waals surface area contributed by atoms with Crippen molar-refractivity contribution >= 4 is 45.0 Å². The van der Waals surface area contributed by atoms with Gasteiger partial charge in [-0.05, 0) is 28.1 Å². The molecule has 2 rings (SSSR count). The third-order valence-electron chi connectivity index (χ3n) is 2.22. The Bertz CT molecular complexity index is 577. The number of amidine groups is 1. The van der Waals surface area contributed by atoms with E-state index in [1.807, 2.05) is 0 Å². The van der Waals surface area contributed by atoms with Crippen LogP contribution in [0.4, 0.5) is 4.39 Å². The lowest BCUT2D eigenvalue weighted by molar-refractivity contribution is -0.116. The fourth-order valence-corrected chi connectivity index (χ4v) is 2.32. The number of halogens is 2. The fraction of sp³-hybridized carbons (Fsp3) is 0.182. The highest BCUT2D eigenvalue weighted by molar-refractivity contribution is 9.10. The summed E-state index contributed by atoms with van der Waals surface area (Å²) in [5.74, 6) is -0.180. The van der Waals surface area contributed by atoms with Gasteiger partial charge in [-0.3, -0.25) is 4.79 Å². The van der Waals surface area contributed by atoms with Gasteiger partial charge in [-0.1, -0.05) is 11.8 Å². The van der Waals surface area contributed by atoms with E-state index >= 15 is 0 Å². The average molecular weight is 346 g/mol. The normalized spacial score (nSPS) is 17.2. The van der Waals surface area contributed by atoms with Crippen molar-refractivity contribution in [1.29, 1.82) is 0 Å². The van der Waals surface area contributed by atoms with Crippen LogP contribution in [0.15, 0.2) is 26.8 Å². The van der Waals surface area contributed by atoms with Crippen molar-refractivity contribution in [2.75, 3.05) is 12.9 Å². The first-order chi connectivity index (χ1) is 9.11. The number of hydrogen-bond donors (Lipinski definition) is 1. The molecule has 1 aliphatic rings. The van der Waals surface area contributed by atoms with Crippen LogP contribution in [0.1, 0.15) is 5.56 Å². The van der Waals surface area contributed by atoms with Crippen LogP contribution in [0.25, 0.3) is 0 Å². The van der Waals surface area contributed by atoms with E-state index in [9.17, 15) is 9.18 Å². The van der Waals surface area contributed by atoms with Gasteiger partial charge in [-0.2, -0.15) is 5.10 Å². The van der Waals surface area contributed by atoms with Crippen LogP contribution in [0.3, 0.4) is 0 Å². The highest BCUT2D eigenvalue weighted by atomic mass is 79.9. The van der Waals surface area contributed by atoms with Gasteiger partial charge >= 0.3 is 0 Å². The number of methoxy groups -OCH3 is 1. The minimum absolute atomic E-state index is 0.0847. The Hall–Kier alpha value is -1.41. The molecule has 1 N–H and O–H groups in total. The second-order valence-corrected chi connectivity index (χ2v) is 5.29. The monoisotopic (exact) mass is 345 g/mol. The van der Waals surface area contributed by atoms with E-state index in [2.05, 4.69) is 31.4 Å². The number of ether oxygens (including phenoxy) is 1.